The third kappa shape index (κ3) is 1.75. The van der Waals surface area contributed by atoms with E-state index in [0.717, 1.165) is 19.5 Å². The normalized spacial score (nSPS) is 21.4. The highest BCUT2D eigenvalue weighted by Crippen LogP contribution is 2.33. The van der Waals surface area contributed by atoms with Crippen LogP contribution in [-0.2, 0) is 13.0 Å². The molecule has 1 aromatic heterocycles. The molecule has 2 aliphatic rings. The number of rotatable bonds is 1. The molecule has 0 amide bonds. The average Bonchev–Trinajstić information content (AvgIpc) is 2.94. The fourth-order valence-electron chi connectivity index (χ4n) is 3.12. The highest BCUT2D eigenvalue weighted by atomic mass is 15.3. The average molecular weight is 230 g/mol. The van der Waals surface area contributed by atoms with Crippen molar-refractivity contribution in [2.75, 3.05) is 13.6 Å². The highest BCUT2D eigenvalue weighted by Gasteiger charge is 2.27. The van der Waals surface area contributed by atoms with Gasteiger partial charge in [0.25, 0.3) is 0 Å². The summed E-state index contributed by atoms with van der Waals surface area (Å²) in [5.74, 6) is 0. The van der Waals surface area contributed by atoms with E-state index in [4.69, 9.17) is 0 Å². The standard InChI is InChI=1S/C13H18N4/c1-16-7-6-13-11(9-16)12(8-14)15-17(13)10-4-2-3-5-10/h10H,2-7,9H2,1H3. The predicted octanol–water partition coefficient (Wildman–Crippen LogP) is 1.86. The number of likely N-dealkylation sites (N-methyl/N-ethyl adjacent to an activating group) is 1. The van der Waals surface area contributed by atoms with Crippen LogP contribution in [0.25, 0.3) is 0 Å². The number of hydrogen-bond donors (Lipinski definition) is 0. The molecule has 1 aliphatic heterocycles. The molecule has 0 N–H and O–H groups in total. The first-order valence-corrected chi connectivity index (χ1v) is 6.48. The second kappa shape index (κ2) is 4.15. The SMILES string of the molecule is CN1CCc2c(c(C#N)nn2C2CCCC2)C1. The fourth-order valence-corrected chi connectivity index (χ4v) is 3.12. The number of hydrogen-bond acceptors (Lipinski definition) is 3. The summed E-state index contributed by atoms with van der Waals surface area (Å²) in [5.41, 5.74) is 3.15. The third-order valence-corrected chi connectivity index (χ3v) is 4.05. The Kier molecular flexibility index (Phi) is 2.64. The molecule has 0 unspecified atom stereocenters. The molecule has 1 aromatic rings. The Morgan fingerprint density at radius 1 is 1.35 bits per heavy atom. The van der Waals surface area contributed by atoms with Gasteiger partial charge in [-0.2, -0.15) is 10.4 Å². The molecule has 4 nitrogen and oxygen atoms in total. The van der Waals surface area contributed by atoms with Crippen LogP contribution in [0, 0.1) is 11.3 Å². The van der Waals surface area contributed by atoms with Crippen molar-refractivity contribution in [2.24, 2.45) is 0 Å². The zero-order chi connectivity index (χ0) is 11.8. The second-order valence-corrected chi connectivity index (χ2v) is 5.26. The molecular weight excluding hydrogens is 212 g/mol. The Balaban J connectivity index is 2.02. The summed E-state index contributed by atoms with van der Waals surface area (Å²) in [5, 5.41) is 13.7. The van der Waals surface area contributed by atoms with Crippen LogP contribution in [0.3, 0.4) is 0 Å². The number of nitrogens with zero attached hydrogens (tertiary/aromatic N) is 4. The summed E-state index contributed by atoms with van der Waals surface area (Å²) >= 11 is 0. The van der Waals surface area contributed by atoms with Crippen LogP contribution in [0.5, 0.6) is 0 Å². The highest BCUT2D eigenvalue weighted by molar-refractivity contribution is 5.37. The maximum atomic E-state index is 9.19. The van der Waals surface area contributed by atoms with E-state index in [0.29, 0.717) is 11.7 Å². The van der Waals surface area contributed by atoms with Crippen molar-refractivity contribution in [3.05, 3.63) is 17.0 Å². The minimum atomic E-state index is 0.550. The maximum absolute atomic E-state index is 9.19. The first-order chi connectivity index (χ1) is 8.29. The minimum Gasteiger partial charge on any atom is -0.302 e. The summed E-state index contributed by atoms with van der Waals surface area (Å²) in [4.78, 5) is 2.27. The van der Waals surface area contributed by atoms with Crippen LogP contribution in [0.15, 0.2) is 0 Å². The van der Waals surface area contributed by atoms with Gasteiger partial charge >= 0.3 is 0 Å². The lowest BCUT2D eigenvalue weighted by atomic mass is 10.1. The lowest BCUT2D eigenvalue weighted by Crippen LogP contribution is -2.28. The van der Waals surface area contributed by atoms with Crippen LogP contribution in [-0.4, -0.2) is 28.3 Å². The Bertz CT molecular complexity index is 462. The van der Waals surface area contributed by atoms with Crippen molar-refractivity contribution < 1.29 is 0 Å². The van der Waals surface area contributed by atoms with Crippen molar-refractivity contribution >= 4 is 0 Å². The van der Waals surface area contributed by atoms with Crippen molar-refractivity contribution in [3.8, 4) is 6.07 Å². The molecule has 0 radical (unpaired) electrons. The predicted molar refractivity (Wildman–Crippen MR) is 64.5 cm³/mol. The number of fused-ring (bicyclic) bond motifs is 1. The Morgan fingerprint density at radius 2 is 2.12 bits per heavy atom. The van der Waals surface area contributed by atoms with Gasteiger partial charge in [0.1, 0.15) is 6.07 Å². The van der Waals surface area contributed by atoms with Gasteiger partial charge in [0.2, 0.25) is 0 Å². The van der Waals surface area contributed by atoms with Gasteiger partial charge in [0, 0.05) is 30.8 Å². The first kappa shape index (κ1) is 10.8. The van der Waals surface area contributed by atoms with Crippen LogP contribution < -0.4 is 0 Å². The van der Waals surface area contributed by atoms with Crippen molar-refractivity contribution in [3.63, 3.8) is 0 Å². The number of nitriles is 1. The largest absolute Gasteiger partial charge is 0.302 e. The lowest BCUT2D eigenvalue weighted by molar-refractivity contribution is 0.303. The van der Waals surface area contributed by atoms with E-state index in [1.165, 1.54) is 36.9 Å². The van der Waals surface area contributed by atoms with Gasteiger partial charge in [-0.05, 0) is 19.9 Å². The summed E-state index contributed by atoms with van der Waals surface area (Å²) in [6.45, 7) is 1.96. The van der Waals surface area contributed by atoms with Crippen molar-refractivity contribution in [2.45, 2.75) is 44.7 Å². The molecule has 4 heteroatoms. The Hall–Kier alpha value is -1.34. The molecule has 0 spiro atoms. The van der Waals surface area contributed by atoms with Gasteiger partial charge in [-0.3, -0.25) is 4.68 Å². The topological polar surface area (TPSA) is 44.9 Å². The van der Waals surface area contributed by atoms with Crippen LogP contribution in [0.4, 0.5) is 0 Å². The molecule has 2 heterocycles. The van der Waals surface area contributed by atoms with Crippen molar-refractivity contribution in [1.29, 1.82) is 5.26 Å². The van der Waals surface area contributed by atoms with Crippen LogP contribution >= 0.6 is 0 Å². The van der Waals surface area contributed by atoms with Gasteiger partial charge in [-0.15, -0.1) is 0 Å². The first-order valence-electron chi connectivity index (χ1n) is 6.48. The van der Waals surface area contributed by atoms with Gasteiger partial charge in [-0.25, -0.2) is 0 Å². The smallest absolute Gasteiger partial charge is 0.167 e. The quantitative estimate of drug-likeness (QED) is 0.739. The summed E-state index contributed by atoms with van der Waals surface area (Å²) in [6.07, 6.45) is 6.11. The van der Waals surface area contributed by atoms with Gasteiger partial charge in [-0.1, -0.05) is 12.8 Å². The zero-order valence-electron chi connectivity index (χ0n) is 10.3. The molecule has 0 atom stereocenters. The van der Waals surface area contributed by atoms with Crippen LogP contribution in [0.1, 0.15) is 48.7 Å². The molecular formula is C13H18N4. The minimum absolute atomic E-state index is 0.550. The molecule has 0 saturated heterocycles. The Labute approximate surface area is 102 Å². The van der Waals surface area contributed by atoms with E-state index < -0.39 is 0 Å². The van der Waals surface area contributed by atoms with E-state index in [1.807, 2.05) is 0 Å². The molecule has 3 rings (SSSR count). The molecule has 1 aliphatic carbocycles. The van der Waals surface area contributed by atoms with E-state index >= 15 is 0 Å². The van der Waals surface area contributed by atoms with Crippen LogP contribution in [0.2, 0.25) is 0 Å². The van der Waals surface area contributed by atoms with Gasteiger partial charge in [0.15, 0.2) is 5.69 Å². The van der Waals surface area contributed by atoms with Gasteiger partial charge < -0.3 is 4.90 Å². The van der Waals surface area contributed by atoms with E-state index in [-0.39, 0.29) is 0 Å². The monoisotopic (exact) mass is 230 g/mol. The van der Waals surface area contributed by atoms with Gasteiger partial charge in [0.05, 0.1) is 6.04 Å². The van der Waals surface area contributed by atoms with E-state index in [1.54, 1.807) is 0 Å². The fraction of sp³-hybridized carbons (Fsp3) is 0.692. The lowest BCUT2D eigenvalue weighted by Gasteiger charge is -2.24. The molecule has 90 valence electrons. The maximum Gasteiger partial charge on any atom is 0.167 e. The molecule has 17 heavy (non-hydrogen) atoms. The number of aromatic nitrogens is 2. The zero-order valence-corrected chi connectivity index (χ0v) is 10.3. The summed E-state index contributed by atoms with van der Waals surface area (Å²) in [6, 6.07) is 2.81. The molecule has 1 fully saturated rings. The summed E-state index contributed by atoms with van der Waals surface area (Å²) in [7, 11) is 2.11. The molecule has 0 bridgehead atoms. The van der Waals surface area contributed by atoms with E-state index in [9.17, 15) is 5.26 Å². The summed E-state index contributed by atoms with van der Waals surface area (Å²) < 4.78 is 2.17. The second-order valence-electron chi connectivity index (χ2n) is 5.26. The molecule has 1 saturated carbocycles. The third-order valence-electron chi connectivity index (χ3n) is 4.05. The Morgan fingerprint density at radius 3 is 2.82 bits per heavy atom. The van der Waals surface area contributed by atoms with E-state index in [2.05, 4.69) is 27.8 Å². The van der Waals surface area contributed by atoms with Crippen molar-refractivity contribution in [1.82, 2.24) is 14.7 Å². The molecule has 0 aromatic carbocycles.